The van der Waals surface area contributed by atoms with Crippen LogP contribution in [0.3, 0.4) is 0 Å². The van der Waals surface area contributed by atoms with Gasteiger partial charge in [0.25, 0.3) is 10.0 Å². The van der Waals surface area contributed by atoms with Crippen LogP contribution in [0, 0.1) is 29.4 Å². The first-order valence-electron chi connectivity index (χ1n) is 11.2. The van der Waals surface area contributed by atoms with Crippen LogP contribution in [-0.4, -0.2) is 36.9 Å². The topological polar surface area (TPSA) is 136 Å². The molecular weight excluding hydrogens is 470 g/mol. The largest absolute Gasteiger partial charge is 0.382 e. The van der Waals surface area contributed by atoms with Crippen LogP contribution in [0.15, 0.2) is 23.4 Å². The normalized spacial score (nSPS) is 20.9. The van der Waals surface area contributed by atoms with Crippen LogP contribution in [0.5, 0.6) is 0 Å². The van der Waals surface area contributed by atoms with Gasteiger partial charge in [-0.15, -0.1) is 0 Å². The Balaban J connectivity index is 1.69. The molecule has 0 aliphatic heterocycles. The molecule has 4 atom stereocenters. The number of nitrogens with one attached hydrogen (secondary N) is 2. The van der Waals surface area contributed by atoms with Crippen LogP contribution in [0.2, 0.25) is 0 Å². The number of hydrogen-bond donors (Lipinski definition) is 4. The molecule has 184 valence electrons. The average molecular weight is 503 g/mol. The molecule has 12 heteroatoms. The number of aromatic nitrogens is 2. The third-order valence-electron chi connectivity index (χ3n) is 6.40. The first-order valence-corrected chi connectivity index (χ1v) is 13.4. The van der Waals surface area contributed by atoms with Gasteiger partial charge < -0.3 is 16.8 Å². The molecule has 0 saturated heterocycles. The highest BCUT2D eigenvalue weighted by Crippen LogP contribution is 2.37. The Labute approximate surface area is 197 Å². The Morgan fingerprint density at radius 3 is 2.58 bits per heavy atom. The highest BCUT2D eigenvalue weighted by Gasteiger charge is 2.29. The van der Waals surface area contributed by atoms with Crippen molar-refractivity contribution in [3.05, 3.63) is 30.1 Å². The number of halogens is 2. The smallest absolute Gasteiger partial charge is 0.266 e. The number of benzene rings is 1. The average Bonchev–Trinajstić information content (AvgIpc) is 3.26. The van der Waals surface area contributed by atoms with Crippen molar-refractivity contribution in [1.82, 2.24) is 9.36 Å². The number of sulfonamides is 1. The third kappa shape index (κ3) is 6.81. The van der Waals surface area contributed by atoms with E-state index in [1.807, 2.05) is 6.92 Å². The second-order valence-electron chi connectivity index (χ2n) is 8.73. The maximum atomic E-state index is 14.7. The van der Waals surface area contributed by atoms with Crippen molar-refractivity contribution >= 4 is 32.4 Å². The fourth-order valence-electron chi connectivity index (χ4n) is 4.56. The monoisotopic (exact) mass is 502 g/mol. The highest BCUT2D eigenvalue weighted by molar-refractivity contribution is 7.93. The van der Waals surface area contributed by atoms with Gasteiger partial charge in [-0.3, -0.25) is 4.72 Å². The maximum absolute atomic E-state index is 14.7. The van der Waals surface area contributed by atoms with E-state index in [2.05, 4.69) is 19.4 Å². The predicted molar refractivity (Wildman–Crippen MR) is 126 cm³/mol. The van der Waals surface area contributed by atoms with E-state index in [1.54, 1.807) is 0 Å². The first-order chi connectivity index (χ1) is 15.7. The number of nitrogens with zero attached hydrogens (tertiary/aromatic N) is 2. The molecule has 1 aliphatic rings. The molecule has 1 heterocycles. The standard InChI is InChI=1S/C21H32F2N6O2S2/c1-13(25)16(8-15-5-3-2-4-14(15)6-7-24)11-26-19-9-18(23)20(10-17(19)22)33(30,31)29-21-27-12-28-32-21/h9-10,12-16,26H,2-8,11,24-25H2,1H3,(H,27,28,29)/t13-,14?,15?,16?/m1/s1. The van der Waals surface area contributed by atoms with Crippen LogP contribution in [0.1, 0.15) is 45.4 Å². The summed E-state index contributed by atoms with van der Waals surface area (Å²) in [6.45, 7) is 2.93. The van der Waals surface area contributed by atoms with E-state index in [9.17, 15) is 17.2 Å². The Kier molecular flexibility index (Phi) is 8.96. The molecule has 3 rings (SSSR count). The summed E-state index contributed by atoms with van der Waals surface area (Å²) in [6.07, 6.45) is 7.74. The SMILES string of the molecule is C[C@@H](N)C(CNc1cc(F)c(S(=O)(=O)Nc2ncns2)cc1F)CC1CCCCC1CCN. The summed E-state index contributed by atoms with van der Waals surface area (Å²) in [5.41, 5.74) is 11.9. The Morgan fingerprint density at radius 2 is 1.94 bits per heavy atom. The molecule has 1 fully saturated rings. The third-order valence-corrected chi connectivity index (χ3v) is 8.47. The molecule has 2 aromatic rings. The molecule has 3 unspecified atom stereocenters. The first kappa shape index (κ1) is 25.7. The van der Waals surface area contributed by atoms with Gasteiger partial charge >= 0.3 is 0 Å². The highest BCUT2D eigenvalue weighted by atomic mass is 32.2. The van der Waals surface area contributed by atoms with Crippen molar-refractivity contribution in [1.29, 1.82) is 0 Å². The Morgan fingerprint density at radius 1 is 1.21 bits per heavy atom. The second-order valence-corrected chi connectivity index (χ2v) is 11.2. The molecule has 6 N–H and O–H groups in total. The zero-order valence-corrected chi connectivity index (χ0v) is 20.3. The lowest BCUT2D eigenvalue weighted by atomic mass is 9.72. The maximum Gasteiger partial charge on any atom is 0.266 e. The summed E-state index contributed by atoms with van der Waals surface area (Å²) in [4.78, 5) is 2.90. The van der Waals surface area contributed by atoms with Crippen molar-refractivity contribution in [2.75, 3.05) is 23.1 Å². The molecule has 0 bridgehead atoms. The van der Waals surface area contributed by atoms with Gasteiger partial charge in [-0.25, -0.2) is 22.2 Å². The minimum Gasteiger partial charge on any atom is -0.382 e. The number of rotatable bonds is 11. The van der Waals surface area contributed by atoms with Gasteiger partial charge in [0.05, 0.1) is 5.69 Å². The summed E-state index contributed by atoms with van der Waals surface area (Å²) in [6, 6.07) is 1.39. The summed E-state index contributed by atoms with van der Waals surface area (Å²) < 4.78 is 60.0. The van der Waals surface area contributed by atoms with Crippen LogP contribution < -0.4 is 21.5 Å². The van der Waals surface area contributed by atoms with Crippen LogP contribution in [-0.2, 0) is 10.0 Å². The van der Waals surface area contributed by atoms with Gasteiger partial charge in [-0.05, 0) is 50.1 Å². The molecular formula is C21H32F2N6O2S2. The van der Waals surface area contributed by atoms with Crippen molar-refractivity contribution in [3.63, 3.8) is 0 Å². The number of hydrogen-bond acceptors (Lipinski definition) is 8. The molecule has 1 aromatic heterocycles. The Bertz CT molecular complexity index is 1000. The van der Waals surface area contributed by atoms with Crippen molar-refractivity contribution < 1.29 is 17.2 Å². The molecule has 1 aliphatic carbocycles. The van der Waals surface area contributed by atoms with E-state index in [-0.39, 0.29) is 22.8 Å². The fraction of sp³-hybridized carbons (Fsp3) is 0.619. The van der Waals surface area contributed by atoms with Crippen LogP contribution in [0.25, 0.3) is 0 Å². The van der Waals surface area contributed by atoms with Gasteiger partial charge in [0.1, 0.15) is 22.9 Å². The van der Waals surface area contributed by atoms with Crippen molar-refractivity contribution in [2.24, 2.45) is 29.2 Å². The minimum atomic E-state index is -4.34. The van der Waals surface area contributed by atoms with Gasteiger partial charge in [0.2, 0.25) is 5.13 Å². The number of anilines is 2. The second kappa shape index (κ2) is 11.5. The molecule has 1 aromatic carbocycles. The quantitative estimate of drug-likeness (QED) is 0.369. The summed E-state index contributed by atoms with van der Waals surface area (Å²) in [5.74, 6) is -0.789. The van der Waals surface area contributed by atoms with Gasteiger partial charge in [0, 0.05) is 30.2 Å². The summed E-state index contributed by atoms with van der Waals surface area (Å²) in [7, 11) is -4.34. The summed E-state index contributed by atoms with van der Waals surface area (Å²) in [5, 5.41) is 2.91. The van der Waals surface area contributed by atoms with E-state index >= 15 is 0 Å². The Hall–Kier alpha value is -1.89. The molecule has 33 heavy (non-hydrogen) atoms. The lowest BCUT2D eigenvalue weighted by Crippen LogP contribution is -2.36. The van der Waals surface area contributed by atoms with Crippen molar-refractivity contribution in [2.45, 2.75) is 56.4 Å². The molecule has 0 amide bonds. The zero-order valence-electron chi connectivity index (χ0n) is 18.6. The fourth-order valence-corrected chi connectivity index (χ4v) is 6.29. The van der Waals surface area contributed by atoms with E-state index in [0.717, 1.165) is 43.2 Å². The molecule has 1 saturated carbocycles. The van der Waals surface area contributed by atoms with Gasteiger partial charge in [-0.2, -0.15) is 4.37 Å². The summed E-state index contributed by atoms with van der Waals surface area (Å²) >= 11 is 0.790. The van der Waals surface area contributed by atoms with E-state index in [1.165, 1.54) is 19.3 Å². The van der Waals surface area contributed by atoms with Gasteiger partial charge in [-0.1, -0.05) is 25.7 Å². The van der Waals surface area contributed by atoms with E-state index in [0.29, 0.717) is 31.0 Å². The lowest BCUT2D eigenvalue weighted by molar-refractivity contribution is 0.183. The van der Waals surface area contributed by atoms with Gasteiger partial charge in [0.15, 0.2) is 0 Å². The zero-order chi connectivity index (χ0) is 24.0. The van der Waals surface area contributed by atoms with Crippen LogP contribution >= 0.6 is 11.5 Å². The molecule has 8 nitrogen and oxygen atoms in total. The predicted octanol–water partition coefficient (Wildman–Crippen LogP) is 3.54. The number of nitrogens with two attached hydrogens (primary N) is 2. The van der Waals surface area contributed by atoms with E-state index in [4.69, 9.17) is 11.5 Å². The van der Waals surface area contributed by atoms with Crippen molar-refractivity contribution in [3.8, 4) is 0 Å². The molecule has 0 spiro atoms. The molecule has 0 radical (unpaired) electrons. The lowest BCUT2D eigenvalue weighted by Gasteiger charge is -2.35. The van der Waals surface area contributed by atoms with Crippen LogP contribution in [0.4, 0.5) is 19.6 Å². The minimum absolute atomic E-state index is 0.0348. The van der Waals surface area contributed by atoms with E-state index < -0.39 is 26.6 Å².